The minimum atomic E-state index is 0.749. The Kier molecular flexibility index (Phi) is 4.88. The van der Waals surface area contributed by atoms with Crippen LogP contribution in [0.25, 0.3) is 5.78 Å². The summed E-state index contributed by atoms with van der Waals surface area (Å²) in [6.07, 6.45) is 7.81. The lowest BCUT2D eigenvalue weighted by Crippen LogP contribution is -2.34. The van der Waals surface area contributed by atoms with Crippen LogP contribution >= 0.6 is 0 Å². The highest BCUT2D eigenvalue weighted by molar-refractivity contribution is 5.47. The number of piperidine rings is 1. The molecule has 4 rings (SSSR count). The summed E-state index contributed by atoms with van der Waals surface area (Å²) in [6, 6.07) is 2.17. The summed E-state index contributed by atoms with van der Waals surface area (Å²) in [6.45, 7) is 9.76. The van der Waals surface area contributed by atoms with Crippen molar-refractivity contribution in [2.24, 2.45) is 5.92 Å². The van der Waals surface area contributed by atoms with Crippen LogP contribution in [0.2, 0.25) is 0 Å². The average Bonchev–Trinajstić information content (AvgIpc) is 2.80. The van der Waals surface area contributed by atoms with Crippen molar-refractivity contribution in [1.82, 2.24) is 24.5 Å². The van der Waals surface area contributed by atoms with Gasteiger partial charge in [-0.05, 0) is 45.1 Å². The van der Waals surface area contributed by atoms with Gasteiger partial charge in [0.1, 0.15) is 5.82 Å². The van der Waals surface area contributed by atoms with Gasteiger partial charge in [-0.3, -0.25) is 4.90 Å². The van der Waals surface area contributed by atoms with Crippen LogP contribution in [0.3, 0.4) is 0 Å². The van der Waals surface area contributed by atoms with Crippen molar-refractivity contribution in [3.8, 4) is 0 Å². The third kappa shape index (κ3) is 3.78. The summed E-state index contributed by atoms with van der Waals surface area (Å²) >= 11 is 0. The fraction of sp³-hybridized carbons (Fsp3) is 0.737. The molecular weight excluding hydrogens is 312 g/mol. The third-order valence-corrected chi connectivity index (χ3v) is 5.50. The van der Waals surface area contributed by atoms with E-state index in [9.17, 15) is 0 Å². The summed E-state index contributed by atoms with van der Waals surface area (Å²) in [7, 11) is 0. The van der Waals surface area contributed by atoms with Crippen LogP contribution in [0.1, 0.15) is 57.0 Å². The van der Waals surface area contributed by atoms with Gasteiger partial charge in [-0.2, -0.15) is 9.50 Å². The predicted molar refractivity (Wildman–Crippen MR) is 99.9 cm³/mol. The molecule has 4 heterocycles. The van der Waals surface area contributed by atoms with Crippen LogP contribution in [0.5, 0.6) is 0 Å². The fourth-order valence-corrected chi connectivity index (χ4v) is 4.23. The number of aryl methyl sites for hydroxylation is 1. The first-order valence-electron chi connectivity index (χ1n) is 9.89. The molecule has 0 aromatic carbocycles. The number of rotatable bonds is 3. The van der Waals surface area contributed by atoms with Gasteiger partial charge in [0.25, 0.3) is 5.78 Å². The van der Waals surface area contributed by atoms with Gasteiger partial charge < -0.3 is 4.90 Å². The third-order valence-electron chi connectivity index (χ3n) is 5.50. The Balaban J connectivity index is 1.61. The molecule has 2 aromatic rings. The molecule has 1 atom stereocenters. The first-order valence-corrected chi connectivity index (χ1v) is 9.89. The lowest BCUT2D eigenvalue weighted by molar-refractivity contribution is 0.173. The Labute approximate surface area is 150 Å². The molecule has 0 N–H and O–H groups in total. The quantitative estimate of drug-likeness (QED) is 0.858. The van der Waals surface area contributed by atoms with Crippen molar-refractivity contribution in [3.63, 3.8) is 0 Å². The van der Waals surface area contributed by atoms with E-state index >= 15 is 0 Å². The fourth-order valence-electron chi connectivity index (χ4n) is 4.23. The minimum absolute atomic E-state index is 0.749. The molecule has 2 fully saturated rings. The van der Waals surface area contributed by atoms with Gasteiger partial charge in [0.2, 0.25) is 0 Å². The topological polar surface area (TPSA) is 49.6 Å². The van der Waals surface area contributed by atoms with Crippen LogP contribution in [0.4, 0.5) is 5.82 Å². The molecular formula is C19H30N6. The Morgan fingerprint density at radius 1 is 1.04 bits per heavy atom. The zero-order valence-corrected chi connectivity index (χ0v) is 15.6. The monoisotopic (exact) mass is 342 g/mol. The summed E-state index contributed by atoms with van der Waals surface area (Å²) in [5.74, 6) is 3.59. The molecule has 6 heteroatoms. The number of fused-ring (bicyclic) bond motifs is 1. The molecule has 0 unspecified atom stereocenters. The van der Waals surface area contributed by atoms with Gasteiger partial charge in [-0.15, -0.1) is 5.10 Å². The van der Waals surface area contributed by atoms with E-state index in [-0.39, 0.29) is 0 Å². The molecule has 2 saturated heterocycles. The van der Waals surface area contributed by atoms with Gasteiger partial charge in [0, 0.05) is 31.4 Å². The molecule has 6 nitrogen and oxygen atoms in total. The largest absolute Gasteiger partial charge is 0.356 e. The Bertz CT molecular complexity index is 716. The van der Waals surface area contributed by atoms with Crippen molar-refractivity contribution in [3.05, 3.63) is 17.6 Å². The number of likely N-dealkylation sites (tertiary alicyclic amines) is 1. The molecule has 0 saturated carbocycles. The first-order chi connectivity index (χ1) is 12.2. The number of anilines is 1. The highest BCUT2D eigenvalue weighted by Gasteiger charge is 2.20. The normalized spacial score (nSPS) is 23.1. The number of aromatic nitrogens is 4. The molecule has 136 valence electrons. The molecule has 0 bridgehead atoms. The second-order valence-corrected chi connectivity index (χ2v) is 7.88. The smallest absolute Gasteiger partial charge is 0.254 e. The average molecular weight is 342 g/mol. The maximum atomic E-state index is 4.84. The van der Waals surface area contributed by atoms with Gasteiger partial charge in [-0.1, -0.05) is 19.8 Å². The van der Waals surface area contributed by atoms with Crippen molar-refractivity contribution in [2.75, 3.05) is 31.1 Å². The zero-order valence-electron chi connectivity index (χ0n) is 15.6. The molecule has 2 aromatic heterocycles. The van der Waals surface area contributed by atoms with E-state index in [1.165, 1.54) is 38.5 Å². The van der Waals surface area contributed by atoms with Gasteiger partial charge in [0.05, 0.1) is 6.54 Å². The minimum Gasteiger partial charge on any atom is -0.356 e. The Morgan fingerprint density at radius 2 is 1.84 bits per heavy atom. The van der Waals surface area contributed by atoms with E-state index in [2.05, 4.69) is 34.7 Å². The predicted octanol–water partition coefficient (Wildman–Crippen LogP) is 3.05. The molecule has 0 spiro atoms. The summed E-state index contributed by atoms with van der Waals surface area (Å²) in [5, 5.41) is 4.84. The van der Waals surface area contributed by atoms with E-state index < -0.39 is 0 Å². The standard InChI is InChI=1S/C19H30N6/c1-15-8-7-9-23(13-15)14-17-21-19-20-16(2)12-18(25(19)22-17)24-10-5-3-4-6-11-24/h12,15H,3-11,13-14H2,1-2H3/t15-/m1/s1. The highest BCUT2D eigenvalue weighted by atomic mass is 15.4. The first kappa shape index (κ1) is 16.8. The highest BCUT2D eigenvalue weighted by Crippen LogP contribution is 2.22. The Morgan fingerprint density at radius 3 is 2.60 bits per heavy atom. The van der Waals surface area contributed by atoms with Crippen LogP contribution in [-0.4, -0.2) is 50.7 Å². The van der Waals surface area contributed by atoms with E-state index in [4.69, 9.17) is 10.1 Å². The summed E-state index contributed by atoms with van der Waals surface area (Å²) < 4.78 is 1.97. The second-order valence-electron chi connectivity index (χ2n) is 7.88. The van der Waals surface area contributed by atoms with Crippen LogP contribution in [0, 0.1) is 12.8 Å². The van der Waals surface area contributed by atoms with Crippen molar-refractivity contribution < 1.29 is 0 Å². The summed E-state index contributed by atoms with van der Waals surface area (Å²) in [4.78, 5) is 14.3. The van der Waals surface area contributed by atoms with Crippen LogP contribution in [-0.2, 0) is 6.54 Å². The number of nitrogens with zero attached hydrogens (tertiary/aromatic N) is 6. The van der Waals surface area contributed by atoms with Crippen LogP contribution < -0.4 is 4.90 Å². The van der Waals surface area contributed by atoms with E-state index in [1.54, 1.807) is 0 Å². The molecule has 0 aliphatic carbocycles. The second kappa shape index (κ2) is 7.28. The van der Waals surface area contributed by atoms with Crippen LogP contribution in [0.15, 0.2) is 6.07 Å². The van der Waals surface area contributed by atoms with E-state index in [1.807, 2.05) is 4.52 Å². The van der Waals surface area contributed by atoms with Crippen molar-refractivity contribution in [2.45, 2.75) is 58.9 Å². The van der Waals surface area contributed by atoms with Crippen molar-refractivity contribution >= 4 is 11.6 Å². The SMILES string of the molecule is Cc1cc(N2CCCCCC2)n2nc(CN3CCC[C@@H](C)C3)nc2n1. The lowest BCUT2D eigenvalue weighted by Gasteiger charge is -2.29. The van der Waals surface area contributed by atoms with Crippen molar-refractivity contribution in [1.29, 1.82) is 0 Å². The summed E-state index contributed by atoms with van der Waals surface area (Å²) in [5.41, 5.74) is 1.03. The zero-order chi connectivity index (χ0) is 17.2. The van der Waals surface area contributed by atoms with Gasteiger partial charge in [-0.25, -0.2) is 4.98 Å². The number of hydrogen-bond acceptors (Lipinski definition) is 5. The molecule has 2 aliphatic rings. The Hall–Kier alpha value is -1.69. The molecule has 0 amide bonds. The van der Waals surface area contributed by atoms with E-state index in [0.29, 0.717) is 0 Å². The molecule has 25 heavy (non-hydrogen) atoms. The van der Waals surface area contributed by atoms with Gasteiger partial charge in [0.15, 0.2) is 5.82 Å². The van der Waals surface area contributed by atoms with Gasteiger partial charge >= 0.3 is 0 Å². The maximum Gasteiger partial charge on any atom is 0.254 e. The van der Waals surface area contributed by atoms with E-state index in [0.717, 1.165) is 61.8 Å². The molecule has 2 aliphatic heterocycles. The maximum absolute atomic E-state index is 4.84. The molecule has 0 radical (unpaired) electrons. The number of hydrogen-bond donors (Lipinski definition) is 0. The lowest BCUT2D eigenvalue weighted by atomic mass is 10.0.